The second-order valence-electron chi connectivity index (χ2n) is 7.32. The van der Waals surface area contributed by atoms with Crippen molar-refractivity contribution in [1.82, 2.24) is 9.71 Å². The average Bonchev–Trinajstić information content (AvgIpc) is 3.21. The van der Waals surface area contributed by atoms with Gasteiger partial charge in [0.25, 0.3) is 0 Å². The highest BCUT2D eigenvalue weighted by atomic mass is 32.2. The van der Waals surface area contributed by atoms with Gasteiger partial charge in [0.05, 0.1) is 16.3 Å². The Hall–Kier alpha value is -3.20. The fraction of sp³-hybridized carbons (Fsp3) is 0.125. The lowest BCUT2D eigenvalue weighted by atomic mass is 10.0. The molecule has 0 saturated carbocycles. The second-order valence-corrected chi connectivity index (χ2v) is 9.29. The van der Waals surface area contributed by atoms with Crippen molar-refractivity contribution >= 4 is 50.9 Å². The van der Waals surface area contributed by atoms with Crippen molar-refractivity contribution in [2.45, 2.75) is 24.3 Å². The van der Waals surface area contributed by atoms with Gasteiger partial charge in [-0.25, -0.2) is 9.71 Å². The van der Waals surface area contributed by atoms with Crippen molar-refractivity contribution < 1.29 is 4.79 Å². The van der Waals surface area contributed by atoms with E-state index in [0.29, 0.717) is 12.0 Å². The molecule has 6 nitrogen and oxygen atoms in total. The van der Waals surface area contributed by atoms with E-state index in [1.165, 1.54) is 18.9 Å². The van der Waals surface area contributed by atoms with Gasteiger partial charge in [-0.1, -0.05) is 36.4 Å². The summed E-state index contributed by atoms with van der Waals surface area (Å²) >= 11 is 3.17. The molecule has 1 heterocycles. The van der Waals surface area contributed by atoms with E-state index in [4.69, 9.17) is 16.1 Å². The van der Waals surface area contributed by atoms with Gasteiger partial charge in [0, 0.05) is 23.1 Å². The highest BCUT2D eigenvalue weighted by Crippen LogP contribution is 2.31. The largest absolute Gasteiger partial charge is 0.384 e. The Labute approximate surface area is 194 Å². The third kappa shape index (κ3) is 5.53. The lowest BCUT2D eigenvalue weighted by molar-refractivity contribution is -0.114. The van der Waals surface area contributed by atoms with Crippen LogP contribution in [0.4, 0.5) is 5.69 Å². The number of aromatic nitrogens is 1. The van der Waals surface area contributed by atoms with Gasteiger partial charge in [0.2, 0.25) is 5.91 Å². The Kier molecular flexibility index (Phi) is 6.84. The fourth-order valence-electron chi connectivity index (χ4n) is 3.30. The number of benzene rings is 3. The maximum Gasteiger partial charge on any atom is 0.221 e. The van der Waals surface area contributed by atoms with E-state index in [2.05, 4.69) is 16.1 Å². The van der Waals surface area contributed by atoms with Gasteiger partial charge < -0.3 is 11.1 Å². The van der Waals surface area contributed by atoms with Crippen LogP contribution >= 0.6 is 23.3 Å². The third-order valence-electron chi connectivity index (χ3n) is 4.76. The van der Waals surface area contributed by atoms with Crippen LogP contribution in [0.15, 0.2) is 77.7 Å². The van der Waals surface area contributed by atoms with Crippen molar-refractivity contribution in [1.29, 1.82) is 5.41 Å². The topological polar surface area (TPSA) is 104 Å². The highest BCUT2D eigenvalue weighted by Gasteiger charge is 2.18. The van der Waals surface area contributed by atoms with Gasteiger partial charge in [-0.15, -0.1) is 11.3 Å². The molecule has 0 fully saturated rings. The molecule has 32 heavy (non-hydrogen) atoms. The Balaban J connectivity index is 1.59. The summed E-state index contributed by atoms with van der Waals surface area (Å²) < 4.78 is 4.70. The Bertz CT molecular complexity index is 1240. The van der Waals surface area contributed by atoms with Gasteiger partial charge >= 0.3 is 0 Å². The van der Waals surface area contributed by atoms with Crippen LogP contribution in [0.2, 0.25) is 0 Å². The monoisotopic (exact) mass is 461 g/mol. The van der Waals surface area contributed by atoms with E-state index in [1.807, 2.05) is 66.7 Å². The zero-order valence-corrected chi connectivity index (χ0v) is 19.1. The molecule has 8 heteroatoms. The van der Waals surface area contributed by atoms with Crippen LogP contribution in [-0.4, -0.2) is 16.7 Å². The highest BCUT2D eigenvalue weighted by molar-refractivity contribution is 7.97. The number of hydrogen-bond acceptors (Lipinski definition) is 6. The van der Waals surface area contributed by atoms with Crippen molar-refractivity contribution in [3.63, 3.8) is 0 Å². The molecular formula is C24H23N5OS2. The number of amidine groups is 1. The number of carbonyl (C=O) groups excluding carboxylic acids is 1. The van der Waals surface area contributed by atoms with Gasteiger partial charge in [-0.05, 0) is 60.3 Å². The molecule has 0 aliphatic carbocycles. The molecular weight excluding hydrogens is 438 g/mol. The van der Waals surface area contributed by atoms with Crippen LogP contribution in [0.1, 0.15) is 29.1 Å². The van der Waals surface area contributed by atoms with Crippen molar-refractivity contribution in [3.05, 3.63) is 88.9 Å². The van der Waals surface area contributed by atoms with Crippen LogP contribution in [0.5, 0.6) is 0 Å². The van der Waals surface area contributed by atoms with E-state index in [0.717, 1.165) is 31.4 Å². The number of amides is 1. The van der Waals surface area contributed by atoms with E-state index in [-0.39, 0.29) is 17.8 Å². The quantitative estimate of drug-likeness (QED) is 0.166. The van der Waals surface area contributed by atoms with Crippen LogP contribution < -0.4 is 15.8 Å². The number of nitrogens with one attached hydrogen (secondary N) is 3. The number of para-hydroxylation sites is 1. The number of nitrogen functional groups attached to an aromatic ring is 1. The number of rotatable bonds is 8. The second kappa shape index (κ2) is 9.95. The number of thiazole rings is 1. The van der Waals surface area contributed by atoms with Gasteiger partial charge in [-0.2, -0.15) is 0 Å². The van der Waals surface area contributed by atoms with Crippen LogP contribution in [-0.2, 0) is 11.2 Å². The molecule has 0 aliphatic rings. The summed E-state index contributed by atoms with van der Waals surface area (Å²) in [5.74, 6) is -0.0432. The molecule has 162 valence electrons. The lowest BCUT2D eigenvalue weighted by Crippen LogP contribution is -2.17. The molecule has 0 saturated heterocycles. The number of hydrogen-bond donors (Lipinski definition) is 4. The average molecular weight is 462 g/mol. The Morgan fingerprint density at radius 2 is 1.94 bits per heavy atom. The maximum atomic E-state index is 11.4. The molecule has 1 unspecified atom stereocenters. The predicted molar refractivity (Wildman–Crippen MR) is 133 cm³/mol. The zero-order chi connectivity index (χ0) is 22.5. The van der Waals surface area contributed by atoms with Crippen molar-refractivity contribution in [2.24, 2.45) is 5.73 Å². The van der Waals surface area contributed by atoms with Gasteiger partial charge in [0.1, 0.15) is 10.8 Å². The van der Waals surface area contributed by atoms with E-state index >= 15 is 0 Å². The van der Waals surface area contributed by atoms with Crippen molar-refractivity contribution in [2.75, 3.05) is 5.32 Å². The molecule has 3 aromatic carbocycles. The normalized spacial score (nSPS) is 11.9. The van der Waals surface area contributed by atoms with Crippen LogP contribution in [0.25, 0.3) is 10.2 Å². The summed E-state index contributed by atoms with van der Waals surface area (Å²) in [6.07, 6.45) is 0.694. The molecule has 1 atom stereocenters. The molecule has 4 aromatic rings. The summed E-state index contributed by atoms with van der Waals surface area (Å²) in [6, 6.07) is 23.5. The third-order valence-corrected chi connectivity index (χ3v) is 6.80. The minimum absolute atomic E-state index is 0.0518. The van der Waals surface area contributed by atoms with E-state index < -0.39 is 0 Å². The van der Waals surface area contributed by atoms with Gasteiger partial charge in [0.15, 0.2) is 0 Å². The minimum Gasteiger partial charge on any atom is -0.384 e. The SMILES string of the molecule is CC(=O)Nc1cccc(SNC(Cc2cccc(C(=N)N)c2)c2nc3ccccc3s2)c1. The Morgan fingerprint density at radius 3 is 2.72 bits per heavy atom. The number of nitrogens with zero attached hydrogens (tertiary/aromatic N) is 1. The van der Waals surface area contributed by atoms with Gasteiger partial charge in [-0.3, -0.25) is 10.2 Å². The van der Waals surface area contributed by atoms with E-state index in [9.17, 15) is 4.79 Å². The summed E-state index contributed by atoms with van der Waals surface area (Å²) in [5.41, 5.74) is 9.20. The molecule has 0 radical (unpaired) electrons. The van der Waals surface area contributed by atoms with Crippen molar-refractivity contribution in [3.8, 4) is 0 Å². The van der Waals surface area contributed by atoms with Crippen LogP contribution in [0.3, 0.4) is 0 Å². The van der Waals surface area contributed by atoms with Crippen LogP contribution in [0, 0.1) is 5.41 Å². The summed E-state index contributed by atoms with van der Waals surface area (Å²) in [6.45, 7) is 1.50. The first-order chi connectivity index (χ1) is 15.5. The summed E-state index contributed by atoms with van der Waals surface area (Å²) in [5, 5.41) is 11.5. The smallest absolute Gasteiger partial charge is 0.221 e. The molecule has 1 amide bonds. The number of carbonyl (C=O) groups is 1. The molecule has 0 aliphatic heterocycles. The zero-order valence-electron chi connectivity index (χ0n) is 17.5. The molecule has 0 bridgehead atoms. The first kappa shape index (κ1) is 22.0. The molecule has 5 N–H and O–H groups in total. The number of anilines is 1. The summed E-state index contributed by atoms with van der Waals surface area (Å²) in [7, 11) is 0. The first-order valence-corrected chi connectivity index (χ1v) is 11.7. The van der Waals surface area contributed by atoms with E-state index in [1.54, 1.807) is 11.3 Å². The number of nitrogens with two attached hydrogens (primary N) is 1. The fourth-order valence-corrected chi connectivity index (χ4v) is 5.20. The number of fused-ring (bicyclic) bond motifs is 1. The Morgan fingerprint density at radius 1 is 1.12 bits per heavy atom. The standard InChI is InChI=1S/C24H23N5OS2/c1-15(30)27-18-8-5-9-19(14-18)32-29-21(13-16-6-4-7-17(12-16)23(25)26)24-28-20-10-2-3-11-22(20)31-24/h2-12,14,21,29H,13H2,1H3,(H3,25,26)(H,27,30). The molecule has 1 aromatic heterocycles. The molecule has 4 rings (SSSR count). The molecule has 0 spiro atoms. The lowest BCUT2D eigenvalue weighted by Gasteiger charge is -2.17. The minimum atomic E-state index is -0.0992. The first-order valence-electron chi connectivity index (χ1n) is 10.1. The summed E-state index contributed by atoms with van der Waals surface area (Å²) in [4.78, 5) is 17.2. The predicted octanol–water partition coefficient (Wildman–Crippen LogP) is 5.12. The maximum absolute atomic E-state index is 11.4.